The molecule has 3 aromatic rings. The van der Waals surface area contributed by atoms with Gasteiger partial charge in [-0.25, -0.2) is 4.39 Å². The minimum absolute atomic E-state index is 0.00437. The molecule has 4 nitrogen and oxygen atoms in total. The van der Waals surface area contributed by atoms with Gasteiger partial charge in [-0.05, 0) is 53.3 Å². The molecule has 4 rings (SSSR count). The molecule has 2 aromatic carbocycles. The molecule has 136 valence electrons. The third-order valence-corrected chi connectivity index (χ3v) is 5.47. The van der Waals surface area contributed by atoms with E-state index >= 15 is 0 Å². The summed E-state index contributed by atoms with van der Waals surface area (Å²) in [5.74, 6) is -1.02. The number of benzene rings is 2. The van der Waals surface area contributed by atoms with E-state index < -0.39 is 11.7 Å². The summed E-state index contributed by atoms with van der Waals surface area (Å²) in [4.78, 5) is 27.4. The summed E-state index contributed by atoms with van der Waals surface area (Å²) in [6, 6.07) is 15.2. The topological polar surface area (TPSA) is 49.4 Å². The van der Waals surface area contributed by atoms with Gasteiger partial charge in [0.25, 0.3) is 11.8 Å². The number of anilines is 1. The fourth-order valence-electron chi connectivity index (χ4n) is 3.21. The number of halogens is 1. The first-order chi connectivity index (χ1) is 13.1. The average molecular weight is 380 g/mol. The lowest BCUT2D eigenvalue weighted by molar-refractivity contribution is 0.0739. The molecule has 0 radical (unpaired) electrons. The summed E-state index contributed by atoms with van der Waals surface area (Å²) in [6.07, 6.45) is 0.772. The molecule has 27 heavy (non-hydrogen) atoms. The van der Waals surface area contributed by atoms with Gasteiger partial charge in [0.1, 0.15) is 5.82 Å². The third kappa shape index (κ3) is 3.61. The summed E-state index contributed by atoms with van der Waals surface area (Å²) < 4.78 is 13.8. The molecule has 0 saturated carbocycles. The van der Waals surface area contributed by atoms with Crippen LogP contribution in [0.2, 0.25) is 0 Å². The van der Waals surface area contributed by atoms with E-state index in [2.05, 4.69) is 5.32 Å². The Morgan fingerprint density at radius 3 is 2.67 bits per heavy atom. The van der Waals surface area contributed by atoms with Crippen LogP contribution in [-0.2, 0) is 13.0 Å². The van der Waals surface area contributed by atoms with Crippen molar-refractivity contribution in [1.82, 2.24) is 4.90 Å². The second kappa shape index (κ2) is 7.32. The fraction of sp³-hybridized carbons (Fsp3) is 0.143. The molecular weight excluding hydrogens is 363 g/mol. The Kier molecular flexibility index (Phi) is 4.73. The van der Waals surface area contributed by atoms with Gasteiger partial charge in [0.2, 0.25) is 0 Å². The predicted octanol–water partition coefficient (Wildman–Crippen LogP) is 4.34. The van der Waals surface area contributed by atoms with Gasteiger partial charge in [0, 0.05) is 18.8 Å². The number of hydrogen-bond acceptors (Lipinski definition) is 3. The quantitative estimate of drug-likeness (QED) is 0.735. The van der Waals surface area contributed by atoms with Crippen LogP contribution in [0.3, 0.4) is 0 Å². The SMILES string of the molecule is O=C(Nc1ccc2c(c1)CN(C(=O)c1cccs1)CC2)c1ccccc1F. The maximum absolute atomic E-state index is 13.8. The number of thiophene rings is 1. The van der Waals surface area contributed by atoms with Crippen LogP contribution in [0.15, 0.2) is 60.0 Å². The Hall–Kier alpha value is -2.99. The molecule has 0 unspecified atom stereocenters. The number of hydrogen-bond donors (Lipinski definition) is 1. The zero-order valence-corrected chi connectivity index (χ0v) is 15.3. The van der Waals surface area contributed by atoms with E-state index in [0.29, 0.717) is 18.8 Å². The lowest BCUT2D eigenvalue weighted by atomic mass is 9.98. The van der Waals surface area contributed by atoms with Crippen LogP contribution in [0, 0.1) is 5.82 Å². The smallest absolute Gasteiger partial charge is 0.264 e. The zero-order valence-electron chi connectivity index (χ0n) is 14.4. The van der Waals surface area contributed by atoms with Crippen molar-refractivity contribution < 1.29 is 14.0 Å². The van der Waals surface area contributed by atoms with Crippen molar-refractivity contribution in [2.24, 2.45) is 0 Å². The van der Waals surface area contributed by atoms with Gasteiger partial charge in [-0.3, -0.25) is 9.59 Å². The van der Waals surface area contributed by atoms with Crippen molar-refractivity contribution in [3.8, 4) is 0 Å². The van der Waals surface area contributed by atoms with Crippen LogP contribution in [0.25, 0.3) is 0 Å². The van der Waals surface area contributed by atoms with Crippen molar-refractivity contribution in [3.63, 3.8) is 0 Å². The van der Waals surface area contributed by atoms with Crippen molar-refractivity contribution in [1.29, 1.82) is 0 Å². The molecule has 0 spiro atoms. The lowest BCUT2D eigenvalue weighted by Gasteiger charge is -2.29. The van der Waals surface area contributed by atoms with Gasteiger partial charge in [-0.1, -0.05) is 24.3 Å². The summed E-state index contributed by atoms with van der Waals surface area (Å²) in [7, 11) is 0. The van der Waals surface area contributed by atoms with Crippen LogP contribution >= 0.6 is 11.3 Å². The summed E-state index contributed by atoms with van der Waals surface area (Å²) in [5, 5.41) is 4.63. The Labute approximate surface area is 160 Å². The Balaban J connectivity index is 1.52. The van der Waals surface area contributed by atoms with E-state index in [1.165, 1.54) is 23.5 Å². The highest BCUT2D eigenvalue weighted by Crippen LogP contribution is 2.25. The highest BCUT2D eigenvalue weighted by molar-refractivity contribution is 7.12. The van der Waals surface area contributed by atoms with Gasteiger partial charge in [0.15, 0.2) is 0 Å². The summed E-state index contributed by atoms with van der Waals surface area (Å²) in [6.45, 7) is 1.17. The minimum Gasteiger partial charge on any atom is -0.333 e. The zero-order chi connectivity index (χ0) is 18.8. The average Bonchev–Trinajstić information content (AvgIpc) is 3.22. The van der Waals surface area contributed by atoms with E-state index in [9.17, 15) is 14.0 Å². The molecule has 1 aromatic heterocycles. The van der Waals surface area contributed by atoms with E-state index in [-0.39, 0.29) is 11.5 Å². The Morgan fingerprint density at radius 1 is 1.04 bits per heavy atom. The Morgan fingerprint density at radius 2 is 1.89 bits per heavy atom. The first kappa shape index (κ1) is 17.4. The monoisotopic (exact) mass is 380 g/mol. The number of amides is 2. The van der Waals surface area contributed by atoms with Crippen LogP contribution < -0.4 is 5.32 Å². The minimum atomic E-state index is -0.555. The maximum Gasteiger partial charge on any atom is 0.264 e. The van der Waals surface area contributed by atoms with E-state index in [4.69, 9.17) is 0 Å². The second-order valence-corrected chi connectivity index (χ2v) is 7.32. The molecular formula is C21H17FN2O2S. The van der Waals surface area contributed by atoms with Crippen LogP contribution in [0.1, 0.15) is 31.2 Å². The van der Waals surface area contributed by atoms with Gasteiger partial charge in [-0.2, -0.15) is 0 Å². The molecule has 1 aliphatic rings. The summed E-state index contributed by atoms with van der Waals surface area (Å²) in [5.41, 5.74) is 2.75. The molecule has 1 N–H and O–H groups in total. The van der Waals surface area contributed by atoms with Crippen LogP contribution in [0.5, 0.6) is 0 Å². The molecule has 6 heteroatoms. The molecule has 0 atom stereocenters. The molecule has 0 bridgehead atoms. The second-order valence-electron chi connectivity index (χ2n) is 6.37. The third-order valence-electron chi connectivity index (χ3n) is 4.61. The van der Waals surface area contributed by atoms with Gasteiger partial charge < -0.3 is 10.2 Å². The number of carbonyl (C=O) groups excluding carboxylic acids is 2. The van der Waals surface area contributed by atoms with Crippen molar-refractivity contribution in [2.45, 2.75) is 13.0 Å². The molecule has 0 saturated heterocycles. The van der Waals surface area contributed by atoms with Crippen LogP contribution in [0.4, 0.5) is 10.1 Å². The van der Waals surface area contributed by atoms with Gasteiger partial charge in [0.05, 0.1) is 10.4 Å². The number of fused-ring (bicyclic) bond motifs is 1. The van der Waals surface area contributed by atoms with Crippen molar-refractivity contribution >= 4 is 28.8 Å². The number of nitrogens with one attached hydrogen (secondary N) is 1. The molecule has 2 amide bonds. The normalized spacial score (nSPS) is 13.1. The predicted molar refractivity (Wildman–Crippen MR) is 104 cm³/mol. The van der Waals surface area contributed by atoms with E-state index in [1.54, 1.807) is 12.1 Å². The van der Waals surface area contributed by atoms with E-state index in [1.807, 2.05) is 40.6 Å². The maximum atomic E-state index is 13.8. The Bertz CT molecular complexity index is 1000. The van der Waals surface area contributed by atoms with Crippen molar-refractivity contribution in [3.05, 3.63) is 87.4 Å². The van der Waals surface area contributed by atoms with E-state index in [0.717, 1.165) is 22.4 Å². The van der Waals surface area contributed by atoms with Gasteiger partial charge >= 0.3 is 0 Å². The molecule has 0 fully saturated rings. The molecule has 0 aliphatic carbocycles. The first-order valence-corrected chi connectivity index (χ1v) is 9.50. The summed E-state index contributed by atoms with van der Waals surface area (Å²) >= 11 is 1.43. The fourth-order valence-corrected chi connectivity index (χ4v) is 3.90. The standard InChI is InChI=1S/C21H17FN2O2S/c22-18-5-2-1-4-17(18)20(25)23-16-8-7-14-9-10-24(13-15(14)12-16)21(26)19-6-3-11-27-19/h1-8,11-12H,9-10,13H2,(H,23,25). The highest BCUT2D eigenvalue weighted by atomic mass is 32.1. The first-order valence-electron chi connectivity index (χ1n) is 8.62. The number of carbonyl (C=O) groups is 2. The number of nitrogens with zero attached hydrogens (tertiary/aromatic N) is 1. The largest absolute Gasteiger partial charge is 0.333 e. The van der Waals surface area contributed by atoms with Crippen molar-refractivity contribution in [2.75, 3.05) is 11.9 Å². The highest BCUT2D eigenvalue weighted by Gasteiger charge is 2.23. The van der Waals surface area contributed by atoms with Gasteiger partial charge in [-0.15, -0.1) is 11.3 Å². The van der Waals surface area contributed by atoms with Crippen LogP contribution in [-0.4, -0.2) is 23.3 Å². The number of rotatable bonds is 3. The lowest BCUT2D eigenvalue weighted by Crippen LogP contribution is -2.35. The molecule has 2 heterocycles. The molecule has 1 aliphatic heterocycles.